The fourth-order valence-electron chi connectivity index (χ4n) is 3.23. The molecule has 1 aliphatic heterocycles. The summed E-state index contributed by atoms with van der Waals surface area (Å²) in [6.45, 7) is 11.1. The maximum absolute atomic E-state index is 12.1. The lowest BCUT2D eigenvalue weighted by Crippen LogP contribution is -2.51. The highest BCUT2D eigenvalue weighted by Gasteiger charge is 2.30. The molecule has 0 bridgehead atoms. The summed E-state index contributed by atoms with van der Waals surface area (Å²) in [5.41, 5.74) is 0. The monoisotopic (exact) mass is 407 g/mol. The van der Waals surface area contributed by atoms with Gasteiger partial charge < -0.3 is 15.4 Å². The molecule has 0 aromatic rings. The SMILES string of the molecule is C/C=C/CCCC(=O)NCC(C)N(CC1CO1)C(C)CNC(=O)CCC/C=C/C. The van der Waals surface area contributed by atoms with Crippen LogP contribution >= 0.6 is 0 Å². The molecule has 166 valence electrons. The van der Waals surface area contributed by atoms with Crippen molar-refractivity contribution >= 4 is 11.8 Å². The summed E-state index contributed by atoms with van der Waals surface area (Å²) in [5, 5.41) is 6.11. The summed E-state index contributed by atoms with van der Waals surface area (Å²) in [5.74, 6) is 0.206. The van der Waals surface area contributed by atoms with Crippen LogP contribution in [0.2, 0.25) is 0 Å². The average Bonchev–Trinajstić information content (AvgIpc) is 3.53. The molecule has 0 aromatic heterocycles. The zero-order valence-corrected chi connectivity index (χ0v) is 18.8. The van der Waals surface area contributed by atoms with Crippen LogP contribution in [0.3, 0.4) is 0 Å². The number of rotatable bonds is 16. The van der Waals surface area contributed by atoms with Gasteiger partial charge in [0.05, 0.1) is 12.7 Å². The van der Waals surface area contributed by atoms with Gasteiger partial charge in [0.2, 0.25) is 11.8 Å². The minimum atomic E-state index is 0.103. The molecule has 2 amide bonds. The van der Waals surface area contributed by atoms with E-state index in [-0.39, 0.29) is 30.0 Å². The summed E-state index contributed by atoms with van der Waals surface area (Å²) in [7, 11) is 0. The van der Waals surface area contributed by atoms with Crippen molar-refractivity contribution in [3.63, 3.8) is 0 Å². The predicted octanol–water partition coefficient (Wildman–Crippen LogP) is 3.19. The lowest BCUT2D eigenvalue weighted by atomic mass is 10.1. The molecular weight excluding hydrogens is 366 g/mol. The molecule has 1 rings (SSSR count). The van der Waals surface area contributed by atoms with Crippen molar-refractivity contribution in [2.45, 2.75) is 84.4 Å². The average molecular weight is 408 g/mol. The van der Waals surface area contributed by atoms with Gasteiger partial charge in [-0.1, -0.05) is 24.3 Å². The summed E-state index contributed by atoms with van der Waals surface area (Å²) < 4.78 is 5.41. The van der Waals surface area contributed by atoms with Crippen LogP contribution in [-0.2, 0) is 14.3 Å². The number of hydrogen-bond acceptors (Lipinski definition) is 4. The fourth-order valence-corrected chi connectivity index (χ4v) is 3.23. The van der Waals surface area contributed by atoms with Gasteiger partial charge in [0, 0.05) is 44.6 Å². The number of carbonyl (C=O) groups is 2. The molecule has 2 N–H and O–H groups in total. The molecule has 0 spiro atoms. The molecule has 0 radical (unpaired) electrons. The molecule has 0 aromatic carbocycles. The Morgan fingerprint density at radius 1 is 0.966 bits per heavy atom. The third-order valence-electron chi connectivity index (χ3n) is 5.16. The van der Waals surface area contributed by atoms with E-state index in [9.17, 15) is 9.59 Å². The Morgan fingerprint density at radius 3 is 1.79 bits per heavy atom. The molecule has 29 heavy (non-hydrogen) atoms. The third-order valence-corrected chi connectivity index (χ3v) is 5.16. The van der Waals surface area contributed by atoms with Crippen molar-refractivity contribution < 1.29 is 14.3 Å². The second-order valence-corrected chi connectivity index (χ2v) is 7.88. The normalized spacial score (nSPS) is 18.3. The highest BCUT2D eigenvalue weighted by Crippen LogP contribution is 2.15. The maximum Gasteiger partial charge on any atom is 0.220 e. The Balaban J connectivity index is 2.38. The van der Waals surface area contributed by atoms with Gasteiger partial charge in [-0.25, -0.2) is 0 Å². The van der Waals surface area contributed by atoms with E-state index in [0.29, 0.717) is 25.9 Å². The molecular formula is C23H41N3O3. The van der Waals surface area contributed by atoms with E-state index < -0.39 is 0 Å². The van der Waals surface area contributed by atoms with Crippen LogP contribution in [0.1, 0.15) is 66.2 Å². The number of allylic oxidation sites excluding steroid dienone is 4. The highest BCUT2D eigenvalue weighted by molar-refractivity contribution is 5.76. The first-order valence-electron chi connectivity index (χ1n) is 11.1. The maximum atomic E-state index is 12.1. The number of carbonyl (C=O) groups excluding carboxylic acids is 2. The van der Waals surface area contributed by atoms with E-state index >= 15 is 0 Å². The molecule has 1 fully saturated rings. The van der Waals surface area contributed by atoms with E-state index in [1.807, 2.05) is 26.0 Å². The Kier molecular flexibility index (Phi) is 13.3. The van der Waals surface area contributed by atoms with Crippen molar-refractivity contribution in [2.75, 3.05) is 26.2 Å². The number of nitrogens with zero attached hydrogens (tertiary/aromatic N) is 1. The van der Waals surface area contributed by atoms with Gasteiger partial charge >= 0.3 is 0 Å². The fraction of sp³-hybridized carbons (Fsp3) is 0.739. The summed E-state index contributed by atoms with van der Waals surface area (Å²) in [6, 6.07) is 0.362. The molecule has 1 aliphatic rings. The van der Waals surface area contributed by atoms with Crippen molar-refractivity contribution in [1.82, 2.24) is 15.5 Å². The minimum absolute atomic E-state index is 0.103. The van der Waals surface area contributed by atoms with Crippen LogP contribution in [0.4, 0.5) is 0 Å². The van der Waals surface area contributed by atoms with Crippen LogP contribution in [0.15, 0.2) is 24.3 Å². The van der Waals surface area contributed by atoms with Crippen molar-refractivity contribution in [3.05, 3.63) is 24.3 Å². The van der Waals surface area contributed by atoms with Gasteiger partial charge in [-0.05, 0) is 53.4 Å². The van der Waals surface area contributed by atoms with E-state index in [4.69, 9.17) is 4.74 Å². The van der Waals surface area contributed by atoms with Gasteiger partial charge in [-0.15, -0.1) is 0 Å². The zero-order chi connectivity index (χ0) is 21.5. The number of epoxide rings is 1. The zero-order valence-electron chi connectivity index (χ0n) is 18.8. The van der Waals surface area contributed by atoms with Crippen LogP contribution in [0, 0.1) is 0 Å². The van der Waals surface area contributed by atoms with Gasteiger partial charge in [-0.3, -0.25) is 14.5 Å². The molecule has 1 saturated heterocycles. The molecule has 3 atom stereocenters. The smallest absolute Gasteiger partial charge is 0.220 e. The standard InChI is InChI=1S/C23H41N3O3/c1-5-7-9-11-13-22(27)24-15-19(3)26(17-21-18-29-21)20(4)16-25-23(28)14-12-10-8-6-2/h5-8,19-21H,9-18H2,1-4H3,(H,24,27)(H,25,28)/b7-5+,8-6+. The topological polar surface area (TPSA) is 74.0 Å². The van der Waals surface area contributed by atoms with Crippen LogP contribution < -0.4 is 10.6 Å². The Hall–Kier alpha value is -1.66. The van der Waals surface area contributed by atoms with E-state index in [2.05, 4.69) is 41.5 Å². The first kappa shape index (κ1) is 25.4. The van der Waals surface area contributed by atoms with Gasteiger partial charge in [0.1, 0.15) is 0 Å². The lowest BCUT2D eigenvalue weighted by Gasteiger charge is -2.34. The van der Waals surface area contributed by atoms with Crippen LogP contribution in [0.5, 0.6) is 0 Å². The van der Waals surface area contributed by atoms with E-state index in [1.165, 1.54) is 0 Å². The van der Waals surface area contributed by atoms with Crippen molar-refractivity contribution in [2.24, 2.45) is 0 Å². The second kappa shape index (κ2) is 15.2. The molecule has 6 nitrogen and oxygen atoms in total. The largest absolute Gasteiger partial charge is 0.372 e. The van der Waals surface area contributed by atoms with E-state index in [1.54, 1.807) is 0 Å². The van der Waals surface area contributed by atoms with E-state index in [0.717, 1.165) is 38.8 Å². The first-order valence-corrected chi connectivity index (χ1v) is 11.1. The number of amides is 2. The Labute approximate surface area is 177 Å². The van der Waals surface area contributed by atoms with Crippen LogP contribution in [-0.4, -0.2) is 61.1 Å². The van der Waals surface area contributed by atoms with Gasteiger partial charge in [0.25, 0.3) is 0 Å². The molecule has 0 saturated carbocycles. The summed E-state index contributed by atoms with van der Waals surface area (Å²) in [6.07, 6.45) is 13.2. The predicted molar refractivity (Wildman–Crippen MR) is 119 cm³/mol. The summed E-state index contributed by atoms with van der Waals surface area (Å²) >= 11 is 0. The van der Waals surface area contributed by atoms with Gasteiger partial charge in [-0.2, -0.15) is 0 Å². The molecule has 1 heterocycles. The van der Waals surface area contributed by atoms with Crippen LogP contribution in [0.25, 0.3) is 0 Å². The lowest BCUT2D eigenvalue weighted by molar-refractivity contribution is -0.121. The molecule has 6 heteroatoms. The quantitative estimate of drug-likeness (QED) is 0.234. The van der Waals surface area contributed by atoms with Crippen molar-refractivity contribution in [1.29, 1.82) is 0 Å². The Bertz CT molecular complexity index is 489. The second-order valence-electron chi connectivity index (χ2n) is 7.88. The number of hydrogen-bond donors (Lipinski definition) is 2. The minimum Gasteiger partial charge on any atom is -0.372 e. The molecule has 0 aliphatic carbocycles. The Morgan fingerprint density at radius 2 is 1.41 bits per heavy atom. The number of nitrogens with one attached hydrogen (secondary N) is 2. The molecule has 3 unspecified atom stereocenters. The third kappa shape index (κ3) is 12.5. The number of unbranched alkanes of at least 4 members (excludes halogenated alkanes) is 2. The van der Waals surface area contributed by atoms with Crippen molar-refractivity contribution in [3.8, 4) is 0 Å². The summed E-state index contributed by atoms with van der Waals surface area (Å²) in [4.78, 5) is 26.5. The number of ether oxygens (including phenoxy) is 1. The highest BCUT2D eigenvalue weighted by atomic mass is 16.6. The first-order chi connectivity index (χ1) is 14.0. The van der Waals surface area contributed by atoms with Gasteiger partial charge in [0.15, 0.2) is 0 Å².